The molecule has 0 aromatic heterocycles. The standard InChI is InChI=1S/C16H21F2NO4/c1-15(2,3)23-14(20)19-9-8-16(21,10-19)11-4-6-12(7-5-11)22-13(17)18/h4-7,13,21H,8-10H2,1-3H3. The van der Waals surface area contributed by atoms with E-state index in [-0.39, 0.29) is 12.3 Å². The number of halogens is 2. The lowest BCUT2D eigenvalue weighted by Crippen LogP contribution is -2.38. The van der Waals surface area contributed by atoms with Gasteiger partial charge in [-0.2, -0.15) is 8.78 Å². The second-order valence-electron chi connectivity index (χ2n) is 6.59. The maximum absolute atomic E-state index is 12.1. The Morgan fingerprint density at radius 2 is 1.91 bits per heavy atom. The summed E-state index contributed by atoms with van der Waals surface area (Å²) in [6.07, 6.45) is -0.132. The van der Waals surface area contributed by atoms with Crippen molar-refractivity contribution in [1.82, 2.24) is 4.90 Å². The number of ether oxygens (including phenoxy) is 2. The third kappa shape index (κ3) is 4.54. The van der Waals surface area contributed by atoms with E-state index in [0.717, 1.165) is 0 Å². The summed E-state index contributed by atoms with van der Waals surface area (Å²) in [5, 5.41) is 10.7. The Hall–Kier alpha value is -1.89. The maximum Gasteiger partial charge on any atom is 0.410 e. The molecule has 1 atom stereocenters. The van der Waals surface area contributed by atoms with Crippen molar-refractivity contribution in [3.63, 3.8) is 0 Å². The predicted molar refractivity (Wildman–Crippen MR) is 79.4 cm³/mol. The lowest BCUT2D eigenvalue weighted by molar-refractivity contribution is -0.0499. The highest BCUT2D eigenvalue weighted by Crippen LogP contribution is 2.33. The molecule has 128 valence electrons. The van der Waals surface area contributed by atoms with Crippen molar-refractivity contribution in [2.75, 3.05) is 13.1 Å². The van der Waals surface area contributed by atoms with E-state index in [9.17, 15) is 18.7 Å². The summed E-state index contributed by atoms with van der Waals surface area (Å²) < 4.78 is 33.9. The average molecular weight is 329 g/mol. The number of likely N-dealkylation sites (tertiary alicyclic amines) is 1. The number of β-amino-alcohol motifs (C(OH)–C–C–N with tert-alkyl or cyclic N) is 1. The van der Waals surface area contributed by atoms with Crippen LogP contribution < -0.4 is 4.74 Å². The van der Waals surface area contributed by atoms with Gasteiger partial charge in [0.2, 0.25) is 0 Å². The minimum atomic E-state index is -2.89. The molecule has 1 saturated heterocycles. The van der Waals surface area contributed by atoms with Gasteiger partial charge in [0.25, 0.3) is 0 Å². The Bertz CT molecular complexity index is 556. The maximum atomic E-state index is 12.1. The Kier molecular flexibility index (Phi) is 4.79. The number of nitrogens with zero attached hydrogens (tertiary/aromatic N) is 1. The minimum Gasteiger partial charge on any atom is -0.444 e. The number of hydrogen-bond donors (Lipinski definition) is 1. The molecule has 1 heterocycles. The summed E-state index contributed by atoms with van der Waals surface area (Å²) >= 11 is 0. The molecule has 1 amide bonds. The SMILES string of the molecule is CC(C)(C)OC(=O)N1CCC(O)(c2ccc(OC(F)F)cc2)C1. The molecule has 0 bridgehead atoms. The summed E-state index contributed by atoms with van der Waals surface area (Å²) in [6, 6.07) is 5.79. The summed E-state index contributed by atoms with van der Waals surface area (Å²) in [5.74, 6) is 0.0225. The van der Waals surface area contributed by atoms with Crippen LogP contribution >= 0.6 is 0 Å². The zero-order valence-electron chi connectivity index (χ0n) is 13.4. The Labute approximate surface area is 133 Å². The number of carbonyl (C=O) groups excluding carboxylic acids is 1. The molecular formula is C16H21F2NO4. The highest BCUT2D eigenvalue weighted by molar-refractivity contribution is 5.68. The summed E-state index contributed by atoms with van der Waals surface area (Å²) in [6.45, 7) is 2.88. The van der Waals surface area contributed by atoms with Gasteiger partial charge < -0.3 is 19.5 Å². The van der Waals surface area contributed by atoms with Gasteiger partial charge in [-0.3, -0.25) is 0 Å². The van der Waals surface area contributed by atoms with Crippen LogP contribution in [0.3, 0.4) is 0 Å². The van der Waals surface area contributed by atoms with Crippen molar-refractivity contribution in [1.29, 1.82) is 0 Å². The van der Waals surface area contributed by atoms with E-state index < -0.39 is 23.9 Å². The molecule has 2 rings (SSSR count). The first-order valence-electron chi connectivity index (χ1n) is 7.35. The van der Waals surface area contributed by atoms with E-state index >= 15 is 0 Å². The van der Waals surface area contributed by atoms with Crippen LogP contribution in [-0.4, -0.2) is 41.4 Å². The fraction of sp³-hybridized carbons (Fsp3) is 0.562. The number of carbonyl (C=O) groups is 1. The van der Waals surface area contributed by atoms with Crippen molar-refractivity contribution >= 4 is 6.09 Å². The van der Waals surface area contributed by atoms with Gasteiger partial charge in [0.1, 0.15) is 17.0 Å². The van der Waals surface area contributed by atoms with Gasteiger partial charge in [-0.05, 0) is 44.9 Å². The zero-order chi connectivity index (χ0) is 17.3. The molecular weight excluding hydrogens is 308 g/mol. The van der Waals surface area contributed by atoms with Gasteiger partial charge in [-0.15, -0.1) is 0 Å². The van der Waals surface area contributed by atoms with Crippen LogP contribution in [0.5, 0.6) is 5.75 Å². The van der Waals surface area contributed by atoms with Crippen LogP contribution in [0.15, 0.2) is 24.3 Å². The first-order chi connectivity index (χ1) is 10.6. The Morgan fingerprint density at radius 3 is 2.43 bits per heavy atom. The fourth-order valence-corrected chi connectivity index (χ4v) is 2.46. The third-order valence-corrected chi connectivity index (χ3v) is 3.52. The molecule has 1 N–H and O–H groups in total. The predicted octanol–water partition coefficient (Wildman–Crippen LogP) is 3.12. The fourth-order valence-electron chi connectivity index (χ4n) is 2.46. The molecule has 0 aliphatic carbocycles. The van der Waals surface area contributed by atoms with Crippen LogP contribution in [0, 0.1) is 0 Å². The lowest BCUT2D eigenvalue weighted by atomic mass is 9.93. The second kappa shape index (κ2) is 6.31. The number of aliphatic hydroxyl groups is 1. The molecule has 23 heavy (non-hydrogen) atoms. The van der Waals surface area contributed by atoms with Crippen LogP contribution in [0.1, 0.15) is 32.8 Å². The molecule has 1 aromatic rings. The zero-order valence-corrected chi connectivity index (χ0v) is 13.4. The number of amides is 1. The van der Waals surface area contributed by atoms with E-state index in [4.69, 9.17) is 4.74 Å². The molecule has 1 aliphatic heterocycles. The molecule has 0 saturated carbocycles. The molecule has 5 nitrogen and oxygen atoms in total. The van der Waals surface area contributed by atoms with E-state index in [1.54, 1.807) is 20.8 Å². The van der Waals surface area contributed by atoms with Crippen molar-refractivity contribution in [2.45, 2.75) is 45.0 Å². The van der Waals surface area contributed by atoms with Crippen molar-refractivity contribution in [2.24, 2.45) is 0 Å². The summed E-state index contributed by atoms with van der Waals surface area (Å²) in [5.41, 5.74) is -1.28. The molecule has 1 unspecified atom stereocenters. The van der Waals surface area contributed by atoms with Crippen molar-refractivity contribution < 1.29 is 28.2 Å². The molecule has 0 radical (unpaired) electrons. The van der Waals surface area contributed by atoms with E-state index in [0.29, 0.717) is 18.5 Å². The quantitative estimate of drug-likeness (QED) is 0.926. The van der Waals surface area contributed by atoms with Crippen LogP contribution in [0.2, 0.25) is 0 Å². The third-order valence-electron chi connectivity index (χ3n) is 3.52. The van der Waals surface area contributed by atoms with Crippen LogP contribution in [0.4, 0.5) is 13.6 Å². The van der Waals surface area contributed by atoms with E-state index in [2.05, 4.69) is 4.74 Å². The monoisotopic (exact) mass is 329 g/mol. The van der Waals surface area contributed by atoms with Gasteiger partial charge >= 0.3 is 12.7 Å². The second-order valence-corrected chi connectivity index (χ2v) is 6.59. The minimum absolute atomic E-state index is 0.0225. The van der Waals surface area contributed by atoms with Crippen molar-refractivity contribution in [3.05, 3.63) is 29.8 Å². The molecule has 0 spiro atoms. The molecule has 1 aromatic carbocycles. The number of hydrogen-bond acceptors (Lipinski definition) is 4. The topological polar surface area (TPSA) is 59.0 Å². The largest absolute Gasteiger partial charge is 0.444 e. The first kappa shape index (κ1) is 17.5. The average Bonchev–Trinajstić information content (AvgIpc) is 2.81. The van der Waals surface area contributed by atoms with Crippen LogP contribution in [-0.2, 0) is 10.3 Å². The van der Waals surface area contributed by atoms with Gasteiger partial charge in [0.05, 0.1) is 6.54 Å². The molecule has 1 aliphatic rings. The number of alkyl halides is 2. The summed E-state index contributed by atoms with van der Waals surface area (Å²) in [4.78, 5) is 13.5. The van der Waals surface area contributed by atoms with Gasteiger partial charge in [-0.25, -0.2) is 4.79 Å². The highest BCUT2D eigenvalue weighted by Gasteiger charge is 2.41. The molecule has 7 heteroatoms. The number of rotatable bonds is 3. The Morgan fingerprint density at radius 1 is 1.30 bits per heavy atom. The first-order valence-corrected chi connectivity index (χ1v) is 7.35. The van der Waals surface area contributed by atoms with Gasteiger partial charge in [-0.1, -0.05) is 12.1 Å². The van der Waals surface area contributed by atoms with Crippen molar-refractivity contribution in [3.8, 4) is 5.75 Å². The van der Waals surface area contributed by atoms with Crippen LogP contribution in [0.25, 0.3) is 0 Å². The molecule has 1 fully saturated rings. The van der Waals surface area contributed by atoms with E-state index in [1.165, 1.54) is 29.2 Å². The van der Waals surface area contributed by atoms with Gasteiger partial charge in [0.15, 0.2) is 0 Å². The number of benzene rings is 1. The highest BCUT2D eigenvalue weighted by atomic mass is 19.3. The van der Waals surface area contributed by atoms with Gasteiger partial charge in [0, 0.05) is 6.54 Å². The lowest BCUT2D eigenvalue weighted by Gasteiger charge is -2.26. The Balaban J connectivity index is 2.04. The van der Waals surface area contributed by atoms with E-state index in [1.807, 2.05) is 0 Å². The smallest absolute Gasteiger partial charge is 0.410 e. The normalized spacial score (nSPS) is 21.6. The summed E-state index contributed by atoms with van der Waals surface area (Å²) in [7, 11) is 0.